The van der Waals surface area contributed by atoms with E-state index in [2.05, 4.69) is 5.32 Å². The topological polar surface area (TPSA) is 60.5 Å². The Bertz CT molecular complexity index is 1200. The highest BCUT2D eigenvalue weighted by Crippen LogP contribution is 2.26. The van der Waals surface area contributed by atoms with Crippen molar-refractivity contribution in [2.75, 3.05) is 13.7 Å². The van der Waals surface area contributed by atoms with Gasteiger partial charge < -0.3 is 14.8 Å². The zero-order chi connectivity index (χ0) is 21.6. The zero-order valence-electron chi connectivity index (χ0n) is 17.6. The summed E-state index contributed by atoms with van der Waals surface area (Å²) in [6, 6.07) is 24.9. The van der Waals surface area contributed by atoms with E-state index >= 15 is 0 Å². The summed E-state index contributed by atoms with van der Waals surface area (Å²) in [5.41, 5.74) is 4.01. The standard InChI is InChI=1S/C26H24N2O3/c1-3-31-20-13-11-19(12-14-20)25-16-23(22-9-4-5-10-24(22)28-25)26(29)27-17-18-7-6-8-21(15-18)30-2/h4-16H,3,17H2,1-2H3,(H,27,29). The Morgan fingerprint density at radius 1 is 0.935 bits per heavy atom. The number of aromatic nitrogens is 1. The van der Waals surface area contributed by atoms with Crippen LogP contribution in [-0.4, -0.2) is 24.6 Å². The van der Waals surface area contributed by atoms with Crippen molar-refractivity contribution >= 4 is 16.8 Å². The van der Waals surface area contributed by atoms with E-state index in [4.69, 9.17) is 14.5 Å². The van der Waals surface area contributed by atoms with Crippen molar-refractivity contribution in [2.24, 2.45) is 0 Å². The third-order valence-electron chi connectivity index (χ3n) is 5.01. The molecule has 0 unspecified atom stereocenters. The molecule has 5 nitrogen and oxygen atoms in total. The highest BCUT2D eigenvalue weighted by Gasteiger charge is 2.14. The fourth-order valence-electron chi connectivity index (χ4n) is 3.46. The molecule has 0 bridgehead atoms. The zero-order valence-corrected chi connectivity index (χ0v) is 17.6. The van der Waals surface area contributed by atoms with Gasteiger partial charge in [-0.15, -0.1) is 0 Å². The maximum atomic E-state index is 13.1. The van der Waals surface area contributed by atoms with E-state index in [0.29, 0.717) is 18.7 Å². The van der Waals surface area contributed by atoms with E-state index in [0.717, 1.165) is 39.2 Å². The summed E-state index contributed by atoms with van der Waals surface area (Å²) < 4.78 is 10.8. The third-order valence-corrected chi connectivity index (χ3v) is 5.01. The average molecular weight is 412 g/mol. The Labute approximate surface area is 181 Å². The lowest BCUT2D eigenvalue weighted by molar-refractivity contribution is 0.0952. The molecule has 0 radical (unpaired) electrons. The first kappa shape index (κ1) is 20.4. The summed E-state index contributed by atoms with van der Waals surface area (Å²) in [5.74, 6) is 1.43. The van der Waals surface area contributed by atoms with E-state index < -0.39 is 0 Å². The van der Waals surface area contributed by atoms with Crippen molar-refractivity contribution in [2.45, 2.75) is 13.5 Å². The number of nitrogens with zero attached hydrogens (tertiary/aromatic N) is 1. The van der Waals surface area contributed by atoms with Gasteiger partial charge in [-0.3, -0.25) is 4.79 Å². The van der Waals surface area contributed by atoms with Gasteiger partial charge in [-0.1, -0.05) is 30.3 Å². The van der Waals surface area contributed by atoms with Gasteiger partial charge in [0.05, 0.1) is 30.5 Å². The molecular weight excluding hydrogens is 388 g/mol. The fraction of sp³-hybridized carbons (Fsp3) is 0.154. The SMILES string of the molecule is CCOc1ccc(-c2cc(C(=O)NCc3cccc(OC)c3)c3ccccc3n2)cc1. The molecular formula is C26H24N2O3. The van der Waals surface area contributed by atoms with Crippen LogP contribution in [0.25, 0.3) is 22.2 Å². The highest BCUT2D eigenvalue weighted by atomic mass is 16.5. The molecule has 1 amide bonds. The van der Waals surface area contributed by atoms with Gasteiger partial charge >= 0.3 is 0 Å². The van der Waals surface area contributed by atoms with Crippen LogP contribution in [0.1, 0.15) is 22.8 Å². The van der Waals surface area contributed by atoms with Gasteiger partial charge in [0, 0.05) is 17.5 Å². The summed E-state index contributed by atoms with van der Waals surface area (Å²) >= 11 is 0. The van der Waals surface area contributed by atoms with Gasteiger partial charge in [0.15, 0.2) is 0 Å². The van der Waals surface area contributed by atoms with E-state index in [9.17, 15) is 4.79 Å². The second kappa shape index (κ2) is 9.30. The number of benzene rings is 3. The van der Waals surface area contributed by atoms with Crippen LogP contribution < -0.4 is 14.8 Å². The number of methoxy groups -OCH3 is 1. The first-order valence-electron chi connectivity index (χ1n) is 10.2. The lowest BCUT2D eigenvalue weighted by Crippen LogP contribution is -2.23. The molecule has 0 saturated heterocycles. The number of pyridine rings is 1. The van der Waals surface area contributed by atoms with Crippen molar-refractivity contribution < 1.29 is 14.3 Å². The lowest BCUT2D eigenvalue weighted by atomic mass is 10.0. The fourth-order valence-corrected chi connectivity index (χ4v) is 3.46. The van der Waals surface area contributed by atoms with E-state index in [1.807, 2.05) is 85.8 Å². The molecule has 0 atom stereocenters. The number of carbonyl (C=O) groups is 1. The largest absolute Gasteiger partial charge is 0.497 e. The number of ether oxygens (including phenoxy) is 2. The van der Waals surface area contributed by atoms with Crippen molar-refractivity contribution in [1.29, 1.82) is 0 Å². The molecule has 0 aliphatic heterocycles. The van der Waals surface area contributed by atoms with Crippen LogP contribution in [0.15, 0.2) is 78.9 Å². The number of amides is 1. The molecule has 5 heteroatoms. The Balaban J connectivity index is 1.64. The predicted octanol–water partition coefficient (Wildman–Crippen LogP) is 5.24. The van der Waals surface area contributed by atoms with Gasteiger partial charge in [0.25, 0.3) is 5.91 Å². The van der Waals surface area contributed by atoms with Gasteiger partial charge in [-0.2, -0.15) is 0 Å². The minimum absolute atomic E-state index is 0.145. The number of rotatable bonds is 7. The molecule has 0 saturated carbocycles. The van der Waals surface area contributed by atoms with Crippen molar-refractivity contribution in [1.82, 2.24) is 10.3 Å². The number of fused-ring (bicyclic) bond motifs is 1. The van der Waals surface area contributed by atoms with E-state index in [-0.39, 0.29) is 5.91 Å². The minimum Gasteiger partial charge on any atom is -0.497 e. The molecule has 4 aromatic rings. The van der Waals surface area contributed by atoms with Crippen LogP contribution in [-0.2, 0) is 6.54 Å². The van der Waals surface area contributed by atoms with E-state index in [1.165, 1.54) is 0 Å². The Morgan fingerprint density at radius 2 is 1.74 bits per heavy atom. The van der Waals surface area contributed by atoms with Crippen LogP contribution in [0.4, 0.5) is 0 Å². The van der Waals surface area contributed by atoms with Crippen LogP contribution in [0.5, 0.6) is 11.5 Å². The molecule has 0 spiro atoms. The van der Waals surface area contributed by atoms with Gasteiger partial charge in [0.1, 0.15) is 11.5 Å². The lowest BCUT2D eigenvalue weighted by Gasteiger charge is -2.12. The summed E-state index contributed by atoms with van der Waals surface area (Å²) in [4.78, 5) is 17.9. The van der Waals surface area contributed by atoms with Gasteiger partial charge in [-0.25, -0.2) is 4.98 Å². The molecule has 1 heterocycles. The minimum atomic E-state index is -0.145. The average Bonchev–Trinajstić information content (AvgIpc) is 2.82. The normalized spacial score (nSPS) is 10.6. The molecule has 0 aliphatic rings. The Hall–Kier alpha value is -3.86. The number of hydrogen-bond donors (Lipinski definition) is 1. The number of carbonyl (C=O) groups excluding carboxylic acids is 1. The van der Waals surface area contributed by atoms with Crippen molar-refractivity contribution in [3.8, 4) is 22.8 Å². The van der Waals surface area contributed by atoms with Crippen LogP contribution in [0.2, 0.25) is 0 Å². The maximum Gasteiger partial charge on any atom is 0.252 e. The molecule has 31 heavy (non-hydrogen) atoms. The molecule has 3 aromatic carbocycles. The monoisotopic (exact) mass is 412 g/mol. The third kappa shape index (κ3) is 4.67. The van der Waals surface area contributed by atoms with Crippen LogP contribution in [0, 0.1) is 0 Å². The first-order valence-corrected chi connectivity index (χ1v) is 10.2. The molecule has 4 rings (SSSR count). The van der Waals surface area contributed by atoms with Crippen molar-refractivity contribution in [3.63, 3.8) is 0 Å². The molecule has 1 aromatic heterocycles. The van der Waals surface area contributed by atoms with Gasteiger partial charge in [0.2, 0.25) is 0 Å². The summed E-state index contributed by atoms with van der Waals surface area (Å²) in [5, 5.41) is 3.84. The highest BCUT2D eigenvalue weighted by molar-refractivity contribution is 6.07. The number of nitrogens with one attached hydrogen (secondary N) is 1. The van der Waals surface area contributed by atoms with Crippen LogP contribution in [0.3, 0.4) is 0 Å². The van der Waals surface area contributed by atoms with E-state index in [1.54, 1.807) is 7.11 Å². The first-order chi connectivity index (χ1) is 15.2. The quantitative estimate of drug-likeness (QED) is 0.451. The summed E-state index contributed by atoms with van der Waals surface area (Å²) in [7, 11) is 1.63. The maximum absolute atomic E-state index is 13.1. The second-order valence-electron chi connectivity index (χ2n) is 7.06. The molecule has 0 aliphatic carbocycles. The summed E-state index contributed by atoms with van der Waals surface area (Å²) in [6.07, 6.45) is 0. The molecule has 156 valence electrons. The van der Waals surface area contributed by atoms with Gasteiger partial charge in [-0.05, 0) is 61.0 Å². The number of para-hydroxylation sites is 1. The smallest absolute Gasteiger partial charge is 0.252 e. The predicted molar refractivity (Wildman–Crippen MR) is 123 cm³/mol. The number of hydrogen-bond acceptors (Lipinski definition) is 4. The van der Waals surface area contributed by atoms with Crippen molar-refractivity contribution in [3.05, 3.63) is 90.0 Å². The summed E-state index contributed by atoms with van der Waals surface area (Å²) in [6.45, 7) is 2.98. The van der Waals surface area contributed by atoms with Crippen LogP contribution >= 0.6 is 0 Å². The molecule has 0 fully saturated rings. The Morgan fingerprint density at radius 3 is 2.52 bits per heavy atom. The molecule has 1 N–H and O–H groups in total. The Kier molecular flexibility index (Phi) is 6.13. The second-order valence-corrected chi connectivity index (χ2v) is 7.06.